The minimum atomic E-state index is 0.748. The maximum atomic E-state index is 5.43. The molecule has 0 unspecified atom stereocenters. The van der Waals surface area contributed by atoms with Gasteiger partial charge in [0.1, 0.15) is 5.75 Å². The lowest BCUT2D eigenvalue weighted by molar-refractivity contribution is 0.408. The Balaban J connectivity index is 1.93. The molecule has 0 saturated carbocycles. The highest BCUT2D eigenvalue weighted by atomic mass is 79.9. The molecule has 108 valence electrons. The second kappa shape index (κ2) is 6.03. The highest BCUT2D eigenvalue weighted by molar-refractivity contribution is 9.10. The number of ether oxygens (including phenoxy) is 1. The molecule has 1 aromatic heterocycles. The molecule has 0 spiro atoms. The number of methoxy groups -OCH3 is 1. The van der Waals surface area contributed by atoms with Crippen molar-refractivity contribution in [3.05, 3.63) is 57.3 Å². The number of nitrogens with one attached hydrogen (secondary N) is 1. The van der Waals surface area contributed by atoms with Crippen LogP contribution in [-0.4, -0.2) is 16.7 Å². The molecule has 3 rings (SSSR count). The van der Waals surface area contributed by atoms with Gasteiger partial charge in [-0.05, 0) is 48.5 Å². The first-order valence-electron chi connectivity index (χ1n) is 6.69. The van der Waals surface area contributed by atoms with E-state index < -0.39 is 0 Å². The monoisotopic (exact) mass is 362 g/mol. The van der Waals surface area contributed by atoms with Crippen molar-refractivity contribution in [1.82, 2.24) is 9.55 Å². The number of aryl methyl sites for hydroxylation is 2. The molecule has 5 heteroatoms. The summed E-state index contributed by atoms with van der Waals surface area (Å²) in [6.45, 7) is 0.815. The maximum Gasteiger partial charge on any atom is 0.178 e. The number of nitrogens with zero attached hydrogens (tertiary/aromatic N) is 1. The summed E-state index contributed by atoms with van der Waals surface area (Å²) in [6, 6.07) is 14.2. The minimum Gasteiger partial charge on any atom is -0.496 e. The predicted molar refractivity (Wildman–Crippen MR) is 91.5 cm³/mol. The molecule has 0 radical (unpaired) electrons. The van der Waals surface area contributed by atoms with E-state index in [1.165, 1.54) is 5.56 Å². The zero-order chi connectivity index (χ0) is 14.8. The maximum absolute atomic E-state index is 5.43. The molecule has 0 aliphatic carbocycles. The van der Waals surface area contributed by atoms with E-state index in [9.17, 15) is 0 Å². The third-order valence-corrected chi connectivity index (χ3v) is 4.35. The Morgan fingerprint density at radius 3 is 2.86 bits per heavy atom. The van der Waals surface area contributed by atoms with Crippen LogP contribution in [0.25, 0.3) is 11.0 Å². The van der Waals surface area contributed by atoms with Crippen LogP contribution in [0.15, 0.2) is 46.9 Å². The molecule has 0 saturated heterocycles. The first kappa shape index (κ1) is 14.4. The fourth-order valence-electron chi connectivity index (χ4n) is 2.49. The topological polar surface area (TPSA) is 29.9 Å². The molecule has 3 aromatic rings. The van der Waals surface area contributed by atoms with E-state index in [2.05, 4.69) is 37.6 Å². The van der Waals surface area contributed by atoms with E-state index in [1.807, 2.05) is 30.3 Å². The standard InChI is InChI=1S/C16H15BrN2OS/c1-20-15-5-3-2-4-11(15)8-9-19-14-10-12(17)6-7-13(14)18-16(19)21/h2-7,10H,8-9H2,1H3,(H,18,21). The molecule has 0 atom stereocenters. The minimum absolute atomic E-state index is 0.748. The van der Waals surface area contributed by atoms with Crippen molar-refractivity contribution in [2.45, 2.75) is 13.0 Å². The molecule has 1 N–H and O–H groups in total. The Kier molecular flexibility index (Phi) is 4.12. The summed E-state index contributed by atoms with van der Waals surface area (Å²) >= 11 is 8.95. The number of H-pyrrole nitrogens is 1. The average molecular weight is 363 g/mol. The first-order chi connectivity index (χ1) is 10.2. The Morgan fingerprint density at radius 1 is 1.24 bits per heavy atom. The van der Waals surface area contributed by atoms with Gasteiger partial charge in [0, 0.05) is 11.0 Å². The molecular weight excluding hydrogens is 348 g/mol. The number of para-hydroxylation sites is 1. The van der Waals surface area contributed by atoms with Crippen LogP contribution in [0.5, 0.6) is 5.75 Å². The largest absolute Gasteiger partial charge is 0.496 e. The molecule has 0 aliphatic heterocycles. The van der Waals surface area contributed by atoms with Gasteiger partial charge in [0.05, 0.1) is 18.1 Å². The average Bonchev–Trinajstić information content (AvgIpc) is 2.80. The normalized spacial score (nSPS) is 11.0. The van der Waals surface area contributed by atoms with Crippen LogP contribution in [0.2, 0.25) is 0 Å². The number of hydrogen-bond acceptors (Lipinski definition) is 2. The molecular formula is C16H15BrN2OS. The Hall–Kier alpha value is -1.59. The van der Waals surface area contributed by atoms with Crippen LogP contribution in [0.4, 0.5) is 0 Å². The van der Waals surface area contributed by atoms with E-state index in [-0.39, 0.29) is 0 Å². The molecule has 2 aromatic carbocycles. The van der Waals surface area contributed by atoms with Crippen LogP contribution < -0.4 is 4.74 Å². The van der Waals surface area contributed by atoms with E-state index in [0.717, 1.165) is 39.0 Å². The predicted octanol–water partition coefficient (Wildman–Crippen LogP) is 4.71. The van der Waals surface area contributed by atoms with Crippen LogP contribution in [0, 0.1) is 4.77 Å². The fourth-order valence-corrected chi connectivity index (χ4v) is 3.14. The summed E-state index contributed by atoms with van der Waals surface area (Å²) in [4.78, 5) is 3.24. The molecule has 0 amide bonds. The van der Waals surface area contributed by atoms with Gasteiger partial charge in [-0.2, -0.15) is 0 Å². The first-order valence-corrected chi connectivity index (χ1v) is 7.89. The second-order valence-corrected chi connectivity index (χ2v) is 6.11. The number of fused-ring (bicyclic) bond motifs is 1. The molecule has 3 nitrogen and oxygen atoms in total. The number of hydrogen-bond donors (Lipinski definition) is 1. The van der Waals surface area contributed by atoms with Gasteiger partial charge in [-0.25, -0.2) is 0 Å². The molecule has 0 fully saturated rings. The third kappa shape index (κ3) is 2.89. The van der Waals surface area contributed by atoms with Crippen molar-refractivity contribution in [2.24, 2.45) is 0 Å². The lowest BCUT2D eigenvalue weighted by Crippen LogP contribution is -2.02. The molecule has 0 aliphatic rings. The van der Waals surface area contributed by atoms with Crippen molar-refractivity contribution in [3.8, 4) is 5.75 Å². The summed E-state index contributed by atoms with van der Waals surface area (Å²) in [5.74, 6) is 0.921. The van der Waals surface area contributed by atoms with Gasteiger partial charge < -0.3 is 14.3 Å². The van der Waals surface area contributed by atoms with Gasteiger partial charge in [0.15, 0.2) is 4.77 Å². The Morgan fingerprint density at radius 2 is 2.05 bits per heavy atom. The van der Waals surface area contributed by atoms with Crippen molar-refractivity contribution >= 4 is 39.2 Å². The zero-order valence-electron chi connectivity index (χ0n) is 11.6. The van der Waals surface area contributed by atoms with Gasteiger partial charge in [-0.3, -0.25) is 0 Å². The number of aromatic nitrogens is 2. The summed E-state index contributed by atoms with van der Waals surface area (Å²) < 4.78 is 9.33. The van der Waals surface area contributed by atoms with Crippen molar-refractivity contribution in [2.75, 3.05) is 7.11 Å². The lowest BCUT2D eigenvalue weighted by Gasteiger charge is -2.09. The summed E-state index contributed by atoms with van der Waals surface area (Å²) in [7, 11) is 1.70. The van der Waals surface area contributed by atoms with E-state index in [4.69, 9.17) is 17.0 Å². The smallest absolute Gasteiger partial charge is 0.178 e. The van der Waals surface area contributed by atoms with Gasteiger partial charge >= 0.3 is 0 Å². The number of aromatic amines is 1. The molecule has 21 heavy (non-hydrogen) atoms. The van der Waals surface area contributed by atoms with E-state index in [1.54, 1.807) is 7.11 Å². The summed E-state index contributed by atoms with van der Waals surface area (Å²) in [5.41, 5.74) is 3.36. The molecule has 1 heterocycles. The highest BCUT2D eigenvalue weighted by Gasteiger charge is 2.07. The number of halogens is 1. The zero-order valence-corrected chi connectivity index (χ0v) is 14.0. The lowest BCUT2D eigenvalue weighted by atomic mass is 10.1. The quantitative estimate of drug-likeness (QED) is 0.681. The Labute approximate surface area is 136 Å². The van der Waals surface area contributed by atoms with Crippen molar-refractivity contribution in [3.63, 3.8) is 0 Å². The highest BCUT2D eigenvalue weighted by Crippen LogP contribution is 2.22. The SMILES string of the molecule is COc1ccccc1CCn1c(=S)[nH]c2ccc(Br)cc21. The van der Waals surface area contributed by atoms with E-state index in [0.29, 0.717) is 0 Å². The van der Waals surface area contributed by atoms with Crippen molar-refractivity contribution in [1.29, 1.82) is 0 Å². The van der Waals surface area contributed by atoms with Crippen LogP contribution in [0.1, 0.15) is 5.56 Å². The Bertz CT molecular complexity index is 838. The third-order valence-electron chi connectivity index (χ3n) is 3.53. The van der Waals surface area contributed by atoms with Gasteiger partial charge in [-0.1, -0.05) is 34.1 Å². The van der Waals surface area contributed by atoms with Crippen LogP contribution in [0.3, 0.4) is 0 Å². The second-order valence-electron chi connectivity index (χ2n) is 4.81. The number of rotatable bonds is 4. The number of benzene rings is 2. The summed E-state index contributed by atoms with van der Waals surface area (Å²) in [6.07, 6.45) is 0.873. The van der Waals surface area contributed by atoms with Gasteiger partial charge in [0.25, 0.3) is 0 Å². The number of imidazole rings is 1. The van der Waals surface area contributed by atoms with E-state index >= 15 is 0 Å². The fraction of sp³-hybridized carbons (Fsp3) is 0.188. The van der Waals surface area contributed by atoms with Gasteiger partial charge in [0.2, 0.25) is 0 Å². The van der Waals surface area contributed by atoms with Crippen molar-refractivity contribution < 1.29 is 4.74 Å². The van der Waals surface area contributed by atoms with Gasteiger partial charge in [-0.15, -0.1) is 0 Å². The van der Waals surface area contributed by atoms with Crippen LogP contribution in [-0.2, 0) is 13.0 Å². The summed E-state index contributed by atoms with van der Waals surface area (Å²) in [5, 5.41) is 0. The van der Waals surface area contributed by atoms with Crippen LogP contribution >= 0.6 is 28.1 Å². The molecule has 0 bridgehead atoms.